The highest BCUT2D eigenvalue weighted by Gasteiger charge is 2.06. The lowest BCUT2D eigenvalue weighted by atomic mass is 10.1. The predicted octanol–water partition coefficient (Wildman–Crippen LogP) is 3.95. The Morgan fingerprint density at radius 2 is 1.95 bits per heavy atom. The Labute approximate surface area is 127 Å². The third-order valence-electron chi connectivity index (χ3n) is 3.39. The van der Waals surface area contributed by atoms with Gasteiger partial charge in [-0.2, -0.15) is 0 Å². The molecule has 0 aliphatic heterocycles. The van der Waals surface area contributed by atoms with Crippen molar-refractivity contribution in [3.05, 3.63) is 59.0 Å². The summed E-state index contributed by atoms with van der Waals surface area (Å²) in [7, 11) is 1.65. The van der Waals surface area contributed by atoms with E-state index < -0.39 is 0 Å². The molecule has 0 amide bonds. The molecule has 2 aromatic carbocycles. The lowest BCUT2D eigenvalue weighted by molar-refractivity contribution is 0.305. The molecule has 4 heteroatoms. The molecule has 0 spiro atoms. The molecule has 0 saturated heterocycles. The molecular weight excluding hydrogens is 282 g/mol. The first-order valence-electron chi connectivity index (χ1n) is 6.76. The molecule has 0 fully saturated rings. The molecule has 0 unspecified atom stereocenters. The summed E-state index contributed by atoms with van der Waals surface area (Å²) in [4.78, 5) is 0. The van der Waals surface area contributed by atoms with Crippen LogP contribution in [0, 0.1) is 0 Å². The highest BCUT2D eigenvalue weighted by molar-refractivity contribution is 7.17. The Kier molecular flexibility index (Phi) is 4.08. The second-order valence-corrected chi connectivity index (χ2v) is 5.67. The van der Waals surface area contributed by atoms with Gasteiger partial charge in [-0.15, -0.1) is 11.3 Å². The van der Waals surface area contributed by atoms with Gasteiger partial charge in [0.2, 0.25) is 0 Å². The summed E-state index contributed by atoms with van der Waals surface area (Å²) in [5.41, 5.74) is 8.03. The van der Waals surface area contributed by atoms with E-state index in [2.05, 4.69) is 23.6 Å². The van der Waals surface area contributed by atoms with E-state index >= 15 is 0 Å². The van der Waals surface area contributed by atoms with Crippen LogP contribution < -0.4 is 15.2 Å². The molecule has 0 aliphatic carbocycles. The van der Waals surface area contributed by atoms with Crippen LogP contribution in [0.4, 0.5) is 0 Å². The number of rotatable bonds is 5. The summed E-state index contributed by atoms with van der Waals surface area (Å²) in [5.74, 6) is 1.61. The fraction of sp³-hybridized carbons (Fsp3) is 0.176. The van der Waals surface area contributed by atoms with Crippen LogP contribution in [0.3, 0.4) is 0 Å². The van der Waals surface area contributed by atoms with Gasteiger partial charge in [0.25, 0.3) is 0 Å². The maximum absolute atomic E-state index is 5.86. The van der Waals surface area contributed by atoms with E-state index in [0.29, 0.717) is 13.2 Å². The monoisotopic (exact) mass is 299 g/mol. The van der Waals surface area contributed by atoms with Gasteiger partial charge < -0.3 is 15.2 Å². The smallest absolute Gasteiger partial charge is 0.123 e. The second-order valence-electron chi connectivity index (χ2n) is 4.76. The maximum atomic E-state index is 5.86. The number of fused-ring (bicyclic) bond motifs is 1. The minimum Gasteiger partial charge on any atom is -0.497 e. The van der Waals surface area contributed by atoms with Crippen molar-refractivity contribution < 1.29 is 9.47 Å². The lowest BCUT2D eigenvalue weighted by Gasteiger charge is -2.07. The predicted molar refractivity (Wildman–Crippen MR) is 87.0 cm³/mol. The molecule has 0 bridgehead atoms. The van der Waals surface area contributed by atoms with Gasteiger partial charge in [-0.05, 0) is 34.5 Å². The third-order valence-corrected chi connectivity index (χ3v) is 4.39. The van der Waals surface area contributed by atoms with Crippen LogP contribution in [0.5, 0.6) is 11.5 Å². The minimum atomic E-state index is 0.551. The summed E-state index contributed by atoms with van der Waals surface area (Å²) >= 11 is 1.73. The van der Waals surface area contributed by atoms with E-state index in [1.54, 1.807) is 18.4 Å². The van der Waals surface area contributed by atoms with E-state index in [-0.39, 0.29) is 0 Å². The molecular formula is C17H17NO2S. The number of benzene rings is 2. The summed E-state index contributed by atoms with van der Waals surface area (Å²) in [6.45, 7) is 1.12. The van der Waals surface area contributed by atoms with Gasteiger partial charge in [-0.3, -0.25) is 0 Å². The number of ether oxygens (including phenoxy) is 2. The highest BCUT2D eigenvalue weighted by Crippen LogP contribution is 2.28. The van der Waals surface area contributed by atoms with Crippen molar-refractivity contribution in [2.24, 2.45) is 5.73 Å². The van der Waals surface area contributed by atoms with Gasteiger partial charge in [-0.25, -0.2) is 0 Å². The molecule has 108 valence electrons. The first kappa shape index (κ1) is 13.9. The molecule has 0 aliphatic rings. The average Bonchev–Trinajstić information content (AvgIpc) is 2.95. The molecule has 0 atom stereocenters. The number of methoxy groups -OCH3 is 1. The van der Waals surface area contributed by atoms with Crippen molar-refractivity contribution in [1.29, 1.82) is 0 Å². The average molecular weight is 299 g/mol. The van der Waals surface area contributed by atoms with Crippen LogP contribution >= 0.6 is 11.3 Å². The first-order valence-corrected chi connectivity index (χ1v) is 7.64. The highest BCUT2D eigenvalue weighted by atomic mass is 32.1. The Hall–Kier alpha value is -2.04. The van der Waals surface area contributed by atoms with Crippen molar-refractivity contribution in [2.45, 2.75) is 13.2 Å². The van der Waals surface area contributed by atoms with Crippen LogP contribution in [-0.4, -0.2) is 7.11 Å². The van der Waals surface area contributed by atoms with Crippen molar-refractivity contribution in [2.75, 3.05) is 7.11 Å². The van der Waals surface area contributed by atoms with E-state index in [0.717, 1.165) is 17.1 Å². The zero-order valence-electron chi connectivity index (χ0n) is 11.8. The van der Waals surface area contributed by atoms with Gasteiger partial charge in [0.05, 0.1) is 7.11 Å². The number of hydrogen-bond donors (Lipinski definition) is 1. The van der Waals surface area contributed by atoms with Crippen molar-refractivity contribution in [3.63, 3.8) is 0 Å². The van der Waals surface area contributed by atoms with Gasteiger partial charge in [0.1, 0.15) is 18.1 Å². The quantitative estimate of drug-likeness (QED) is 0.776. The molecule has 3 aromatic rings. The molecule has 0 radical (unpaired) electrons. The van der Waals surface area contributed by atoms with Gasteiger partial charge in [-0.1, -0.05) is 18.2 Å². The molecule has 1 aromatic heterocycles. The second kappa shape index (κ2) is 6.16. The maximum Gasteiger partial charge on any atom is 0.123 e. The Balaban J connectivity index is 1.78. The first-order chi connectivity index (χ1) is 10.3. The molecule has 3 rings (SSSR count). The topological polar surface area (TPSA) is 44.5 Å². The fourth-order valence-corrected chi connectivity index (χ4v) is 3.23. The Morgan fingerprint density at radius 1 is 1.10 bits per heavy atom. The van der Waals surface area contributed by atoms with Crippen molar-refractivity contribution in [1.82, 2.24) is 0 Å². The van der Waals surface area contributed by atoms with Crippen molar-refractivity contribution >= 4 is 21.4 Å². The SMILES string of the molecule is COc1cccc(OCc2csc3cc(CN)ccc23)c1. The molecule has 2 N–H and O–H groups in total. The zero-order valence-corrected chi connectivity index (χ0v) is 12.7. The van der Waals surface area contributed by atoms with Crippen LogP contribution in [0.25, 0.3) is 10.1 Å². The molecule has 21 heavy (non-hydrogen) atoms. The standard InChI is InChI=1S/C17H17NO2S/c1-19-14-3-2-4-15(8-14)20-10-13-11-21-17-7-12(9-18)5-6-16(13)17/h2-8,11H,9-10,18H2,1H3. The summed E-state index contributed by atoms with van der Waals surface area (Å²) in [6, 6.07) is 14.0. The summed E-state index contributed by atoms with van der Waals surface area (Å²) in [6.07, 6.45) is 0. The molecule has 0 saturated carbocycles. The Bertz CT molecular complexity index is 751. The number of nitrogens with two attached hydrogens (primary N) is 1. The van der Waals surface area contributed by atoms with Gasteiger partial charge in [0.15, 0.2) is 0 Å². The van der Waals surface area contributed by atoms with Crippen molar-refractivity contribution in [3.8, 4) is 11.5 Å². The van der Waals surface area contributed by atoms with Crippen LogP contribution in [0.15, 0.2) is 47.8 Å². The lowest BCUT2D eigenvalue weighted by Crippen LogP contribution is -1.96. The largest absolute Gasteiger partial charge is 0.497 e. The van der Waals surface area contributed by atoms with E-state index in [1.807, 2.05) is 24.3 Å². The normalized spacial score (nSPS) is 10.8. The van der Waals surface area contributed by atoms with E-state index in [9.17, 15) is 0 Å². The fourth-order valence-electron chi connectivity index (χ4n) is 2.22. The third kappa shape index (κ3) is 3.01. The summed E-state index contributed by atoms with van der Waals surface area (Å²) in [5, 5.41) is 3.38. The van der Waals surface area contributed by atoms with E-state index in [4.69, 9.17) is 15.2 Å². The van der Waals surface area contributed by atoms with Gasteiger partial charge in [0, 0.05) is 22.9 Å². The summed E-state index contributed by atoms with van der Waals surface area (Å²) < 4.78 is 12.3. The van der Waals surface area contributed by atoms with Crippen LogP contribution in [0.1, 0.15) is 11.1 Å². The van der Waals surface area contributed by atoms with Crippen LogP contribution in [0.2, 0.25) is 0 Å². The zero-order chi connectivity index (χ0) is 14.7. The number of hydrogen-bond acceptors (Lipinski definition) is 4. The molecule has 1 heterocycles. The minimum absolute atomic E-state index is 0.551. The van der Waals surface area contributed by atoms with E-state index in [1.165, 1.54) is 15.6 Å². The molecule has 3 nitrogen and oxygen atoms in total. The van der Waals surface area contributed by atoms with Crippen LogP contribution in [-0.2, 0) is 13.2 Å². The number of thiophene rings is 1. The van der Waals surface area contributed by atoms with Gasteiger partial charge >= 0.3 is 0 Å². The Morgan fingerprint density at radius 3 is 2.76 bits per heavy atom.